The van der Waals surface area contributed by atoms with Crippen molar-refractivity contribution in [2.24, 2.45) is 5.92 Å². The van der Waals surface area contributed by atoms with Gasteiger partial charge < -0.3 is 29.8 Å². The fraction of sp³-hybridized carbons (Fsp3) is 0.476. The molecular formula is C21H30N4O5S. The van der Waals surface area contributed by atoms with Crippen LogP contribution in [0.2, 0.25) is 0 Å². The van der Waals surface area contributed by atoms with Gasteiger partial charge in [-0.05, 0) is 24.5 Å². The highest BCUT2D eigenvalue weighted by Crippen LogP contribution is 2.29. The zero-order valence-electron chi connectivity index (χ0n) is 18.3. The molecule has 10 heteroatoms. The summed E-state index contributed by atoms with van der Waals surface area (Å²) in [4.78, 5) is 29.0. The molecular weight excluding hydrogens is 420 g/mol. The first-order chi connectivity index (χ1) is 14.9. The second-order valence-electron chi connectivity index (χ2n) is 7.21. The number of aromatic nitrogens is 2. The first-order valence-electron chi connectivity index (χ1n) is 9.94. The van der Waals surface area contributed by atoms with Gasteiger partial charge in [0.2, 0.25) is 11.8 Å². The molecule has 9 nitrogen and oxygen atoms in total. The van der Waals surface area contributed by atoms with Crippen molar-refractivity contribution in [2.75, 3.05) is 31.8 Å². The lowest BCUT2D eigenvalue weighted by Crippen LogP contribution is -2.30. The number of carbonyl (C=O) groups is 2. The van der Waals surface area contributed by atoms with E-state index in [1.807, 2.05) is 0 Å². The molecule has 31 heavy (non-hydrogen) atoms. The molecule has 2 aromatic rings. The van der Waals surface area contributed by atoms with Crippen LogP contribution in [0.15, 0.2) is 29.6 Å². The summed E-state index contributed by atoms with van der Waals surface area (Å²) in [6, 6.07) is 5.12. The van der Waals surface area contributed by atoms with E-state index in [1.54, 1.807) is 29.9 Å². The molecule has 2 amide bonds. The van der Waals surface area contributed by atoms with Gasteiger partial charge in [0.15, 0.2) is 5.16 Å². The van der Waals surface area contributed by atoms with Gasteiger partial charge in [-0.2, -0.15) is 0 Å². The van der Waals surface area contributed by atoms with E-state index in [2.05, 4.69) is 29.5 Å². The van der Waals surface area contributed by atoms with Crippen LogP contribution in [0.25, 0.3) is 0 Å². The minimum absolute atomic E-state index is 0.0294. The van der Waals surface area contributed by atoms with E-state index in [4.69, 9.17) is 9.47 Å². The Morgan fingerprint density at radius 3 is 2.65 bits per heavy atom. The van der Waals surface area contributed by atoms with Crippen LogP contribution >= 0.6 is 11.8 Å². The molecule has 3 N–H and O–H groups in total. The lowest BCUT2D eigenvalue weighted by Gasteiger charge is -2.13. The van der Waals surface area contributed by atoms with E-state index in [9.17, 15) is 14.7 Å². The smallest absolute Gasteiger partial charge is 0.240 e. The summed E-state index contributed by atoms with van der Waals surface area (Å²) in [6.07, 6.45) is 2.39. The highest BCUT2D eigenvalue weighted by Gasteiger charge is 2.16. The van der Waals surface area contributed by atoms with Gasteiger partial charge in [-0.15, -0.1) is 0 Å². The number of ether oxygens (including phenoxy) is 2. The summed E-state index contributed by atoms with van der Waals surface area (Å²) >= 11 is 1.18. The first-order valence-corrected chi connectivity index (χ1v) is 10.9. The molecule has 1 aromatic heterocycles. The van der Waals surface area contributed by atoms with Gasteiger partial charge in [0.1, 0.15) is 18.0 Å². The Bertz CT molecular complexity index is 885. The van der Waals surface area contributed by atoms with E-state index in [-0.39, 0.29) is 30.7 Å². The van der Waals surface area contributed by atoms with Gasteiger partial charge in [0.25, 0.3) is 0 Å². The van der Waals surface area contributed by atoms with Crippen molar-refractivity contribution in [3.63, 3.8) is 0 Å². The number of rotatable bonds is 12. The fourth-order valence-corrected chi connectivity index (χ4v) is 3.53. The van der Waals surface area contributed by atoms with Gasteiger partial charge >= 0.3 is 0 Å². The number of aliphatic hydroxyl groups excluding tert-OH is 1. The molecule has 0 saturated heterocycles. The average Bonchev–Trinajstić information content (AvgIpc) is 3.13. The number of aliphatic hydroxyl groups is 1. The van der Waals surface area contributed by atoms with Crippen LogP contribution in [-0.4, -0.2) is 53.0 Å². The molecule has 0 unspecified atom stereocenters. The van der Waals surface area contributed by atoms with Crippen molar-refractivity contribution in [2.45, 2.75) is 38.6 Å². The third-order valence-electron chi connectivity index (χ3n) is 4.42. The lowest BCUT2D eigenvalue weighted by molar-refractivity contribution is -0.121. The molecule has 1 heterocycles. The normalized spacial score (nSPS) is 10.8. The van der Waals surface area contributed by atoms with Crippen molar-refractivity contribution in [3.8, 4) is 11.5 Å². The van der Waals surface area contributed by atoms with Crippen LogP contribution in [0.5, 0.6) is 11.5 Å². The van der Waals surface area contributed by atoms with Gasteiger partial charge in [0, 0.05) is 12.6 Å². The monoisotopic (exact) mass is 450 g/mol. The third-order valence-corrected chi connectivity index (χ3v) is 5.41. The Kier molecular flexibility index (Phi) is 9.67. The van der Waals surface area contributed by atoms with Crippen LogP contribution in [-0.2, 0) is 22.7 Å². The Balaban J connectivity index is 1.99. The van der Waals surface area contributed by atoms with E-state index < -0.39 is 0 Å². The number of hydrogen-bond donors (Lipinski definition) is 3. The van der Waals surface area contributed by atoms with Gasteiger partial charge in [0.05, 0.1) is 44.2 Å². The summed E-state index contributed by atoms with van der Waals surface area (Å²) in [6.45, 7) is 4.55. The third kappa shape index (κ3) is 7.48. The molecule has 0 atom stereocenters. The predicted octanol–water partition coefficient (Wildman–Crippen LogP) is 2.29. The van der Waals surface area contributed by atoms with Crippen LogP contribution in [0.3, 0.4) is 0 Å². The number of carbonyl (C=O) groups excluding carboxylic acids is 2. The Morgan fingerprint density at radius 1 is 1.23 bits per heavy atom. The number of nitrogens with one attached hydrogen (secondary N) is 2. The molecule has 0 spiro atoms. The minimum Gasteiger partial charge on any atom is -0.497 e. The highest BCUT2D eigenvalue weighted by atomic mass is 32.2. The fourth-order valence-electron chi connectivity index (χ4n) is 2.73. The van der Waals surface area contributed by atoms with Gasteiger partial charge in [-0.25, -0.2) is 4.98 Å². The van der Waals surface area contributed by atoms with Crippen molar-refractivity contribution in [1.82, 2.24) is 14.9 Å². The van der Waals surface area contributed by atoms with Crippen LogP contribution in [0.1, 0.15) is 26.0 Å². The summed E-state index contributed by atoms with van der Waals surface area (Å²) in [5.41, 5.74) is 1.01. The van der Waals surface area contributed by atoms with Gasteiger partial charge in [-0.3, -0.25) is 9.59 Å². The van der Waals surface area contributed by atoms with Crippen molar-refractivity contribution in [1.29, 1.82) is 0 Å². The molecule has 0 bridgehead atoms. The SMILES string of the molecule is COc1ccc(OC)c(NC(=O)CSc2ncc(CO)n2CC(=O)NCCC(C)C)c1. The van der Waals surface area contributed by atoms with Crippen molar-refractivity contribution >= 4 is 29.3 Å². The second kappa shape index (κ2) is 12.2. The maximum atomic E-state index is 12.5. The molecule has 0 aliphatic carbocycles. The largest absolute Gasteiger partial charge is 0.497 e. The van der Waals surface area contributed by atoms with Crippen molar-refractivity contribution < 1.29 is 24.2 Å². The number of thioether (sulfide) groups is 1. The average molecular weight is 451 g/mol. The maximum Gasteiger partial charge on any atom is 0.240 e. The molecule has 1 aromatic carbocycles. The highest BCUT2D eigenvalue weighted by molar-refractivity contribution is 7.99. The van der Waals surface area contributed by atoms with E-state index in [0.29, 0.717) is 40.5 Å². The summed E-state index contributed by atoms with van der Waals surface area (Å²) in [5.74, 6) is 1.24. The number of anilines is 1. The maximum absolute atomic E-state index is 12.5. The molecule has 170 valence electrons. The number of nitrogens with zero attached hydrogens (tertiary/aromatic N) is 2. The number of methoxy groups -OCH3 is 2. The number of imidazole rings is 1. The summed E-state index contributed by atoms with van der Waals surface area (Å²) in [5, 5.41) is 15.7. The van der Waals surface area contributed by atoms with E-state index >= 15 is 0 Å². The Hall–Kier alpha value is -2.72. The Labute approximate surface area is 186 Å². The number of benzene rings is 1. The van der Waals surface area contributed by atoms with Gasteiger partial charge in [-0.1, -0.05) is 25.6 Å². The number of amides is 2. The van der Waals surface area contributed by atoms with Crippen LogP contribution in [0.4, 0.5) is 5.69 Å². The first kappa shape index (κ1) is 24.5. The zero-order chi connectivity index (χ0) is 22.8. The lowest BCUT2D eigenvalue weighted by atomic mass is 10.1. The quantitative estimate of drug-likeness (QED) is 0.425. The zero-order valence-corrected chi connectivity index (χ0v) is 19.1. The van der Waals surface area contributed by atoms with E-state index in [1.165, 1.54) is 25.1 Å². The Morgan fingerprint density at radius 2 is 2.00 bits per heavy atom. The van der Waals surface area contributed by atoms with Crippen molar-refractivity contribution in [3.05, 3.63) is 30.1 Å². The topological polar surface area (TPSA) is 115 Å². The molecule has 2 rings (SSSR count). The molecule has 0 fully saturated rings. The molecule has 0 radical (unpaired) electrons. The van der Waals surface area contributed by atoms with Crippen LogP contribution < -0.4 is 20.1 Å². The molecule has 0 saturated carbocycles. The summed E-state index contributed by atoms with van der Waals surface area (Å²) < 4.78 is 12.1. The summed E-state index contributed by atoms with van der Waals surface area (Å²) in [7, 11) is 3.06. The van der Waals surface area contributed by atoms with E-state index in [0.717, 1.165) is 6.42 Å². The molecule has 0 aliphatic heterocycles. The second-order valence-corrected chi connectivity index (χ2v) is 8.15. The predicted molar refractivity (Wildman–Crippen MR) is 120 cm³/mol. The van der Waals surface area contributed by atoms with Crippen LogP contribution in [0, 0.1) is 5.92 Å². The molecule has 0 aliphatic rings. The standard InChI is InChI=1S/C21H30N4O5S/c1-14(2)7-8-22-19(27)11-25-15(12-26)10-23-21(25)31-13-20(28)24-17-9-16(29-3)5-6-18(17)30-4/h5-6,9-10,14,26H,7-8,11-13H2,1-4H3,(H,22,27)(H,24,28). The number of hydrogen-bond acceptors (Lipinski definition) is 7. The minimum atomic E-state index is -0.266.